The van der Waals surface area contributed by atoms with Crippen LogP contribution in [0.15, 0.2) is 108 Å². The van der Waals surface area contributed by atoms with E-state index in [0.29, 0.717) is 16.9 Å². The molecule has 2 N–H and O–H groups in total. The van der Waals surface area contributed by atoms with Crippen LogP contribution in [0.4, 0.5) is 4.79 Å². The first kappa shape index (κ1) is 25.5. The lowest BCUT2D eigenvalue weighted by molar-refractivity contribution is -0.139. The quantitative estimate of drug-likeness (QED) is 0.328. The van der Waals surface area contributed by atoms with Crippen molar-refractivity contribution in [2.45, 2.75) is 13.0 Å². The van der Waals surface area contributed by atoms with Crippen LogP contribution in [0.2, 0.25) is 0 Å². The summed E-state index contributed by atoms with van der Waals surface area (Å²) in [5.74, 6) is -1.29. The molecule has 4 aromatic rings. The second kappa shape index (κ2) is 11.5. The molecule has 5 rings (SSSR count). The van der Waals surface area contributed by atoms with E-state index in [9.17, 15) is 14.4 Å². The molecule has 3 aromatic carbocycles. The molecule has 196 valence electrons. The molecule has 0 fully saturated rings. The van der Waals surface area contributed by atoms with Crippen molar-refractivity contribution in [3.8, 4) is 16.9 Å². The predicted octanol–water partition coefficient (Wildman–Crippen LogP) is 4.57. The van der Waals surface area contributed by atoms with Gasteiger partial charge in [-0.15, -0.1) is 0 Å². The third-order valence-electron chi connectivity index (χ3n) is 6.12. The molecule has 9 heteroatoms. The van der Waals surface area contributed by atoms with Crippen LogP contribution in [0, 0.1) is 0 Å². The van der Waals surface area contributed by atoms with Crippen molar-refractivity contribution in [2.75, 3.05) is 13.2 Å². The Balaban J connectivity index is 1.48. The van der Waals surface area contributed by atoms with Gasteiger partial charge >= 0.3 is 18.0 Å². The van der Waals surface area contributed by atoms with Gasteiger partial charge in [0.1, 0.15) is 6.61 Å². The first-order chi connectivity index (χ1) is 19.0. The monoisotopic (exact) mass is 522 g/mol. The molecule has 0 aliphatic carbocycles. The average Bonchev–Trinajstić information content (AvgIpc) is 3.43. The van der Waals surface area contributed by atoms with E-state index in [1.807, 2.05) is 66.7 Å². The van der Waals surface area contributed by atoms with E-state index in [4.69, 9.17) is 9.47 Å². The highest BCUT2D eigenvalue weighted by atomic mass is 16.5. The lowest BCUT2D eigenvalue weighted by Gasteiger charge is -2.29. The van der Waals surface area contributed by atoms with Crippen LogP contribution in [0.3, 0.4) is 0 Å². The van der Waals surface area contributed by atoms with Gasteiger partial charge in [0.2, 0.25) is 0 Å². The maximum Gasteiger partial charge on any atom is 0.357 e. The molecule has 9 nitrogen and oxygen atoms in total. The molecule has 0 bridgehead atoms. The number of urea groups is 1. The molecular weight excluding hydrogens is 496 g/mol. The second-order valence-corrected chi connectivity index (χ2v) is 8.66. The van der Waals surface area contributed by atoms with Gasteiger partial charge in [-0.2, -0.15) is 5.10 Å². The van der Waals surface area contributed by atoms with Crippen LogP contribution >= 0.6 is 0 Å². The smallest absolute Gasteiger partial charge is 0.357 e. The standard InChI is InChI=1S/C30H26N4O5/c1-2-38-29(36)26-24(31-30(37)32-27(26)21-14-8-4-9-15-21)19-39-28(35)25-18-23(20-12-6-3-7-13-20)33-34(25)22-16-10-5-11-17-22/h3-18,27H,2,19H2,1H3,(H2,31,32,37)/t27-/m1/s1. The fourth-order valence-electron chi connectivity index (χ4n) is 4.33. The summed E-state index contributed by atoms with van der Waals surface area (Å²) in [5.41, 5.74) is 3.30. The van der Waals surface area contributed by atoms with Crippen LogP contribution in [-0.4, -0.2) is 41.0 Å². The van der Waals surface area contributed by atoms with Crippen molar-refractivity contribution in [1.29, 1.82) is 0 Å². The molecule has 0 radical (unpaired) electrons. The molecule has 1 atom stereocenters. The van der Waals surface area contributed by atoms with Crippen LogP contribution in [0.5, 0.6) is 0 Å². The first-order valence-electron chi connectivity index (χ1n) is 12.5. The summed E-state index contributed by atoms with van der Waals surface area (Å²) < 4.78 is 12.5. The van der Waals surface area contributed by atoms with Crippen molar-refractivity contribution in [3.63, 3.8) is 0 Å². The summed E-state index contributed by atoms with van der Waals surface area (Å²) in [7, 11) is 0. The molecule has 0 saturated heterocycles. The molecule has 0 spiro atoms. The minimum atomic E-state index is -0.771. The van der Waals surface area contributed by atoms with E-state index in [-0.39, 0.29) is 30.2 Å². The zero-order chi connectivity index (χ0) is 27.2. The number of nitrogens with one attached hydrogen (secondary N) is 2. The number of hydrogen-bond donors (Lipinski definition) is 2. The van der Waals surface area contributed by atoms with Crippen molar-refractivity contribution in [2.24, 2.45) is 0 Å². The van der Waals surface area contributed by atoms with Gasteiger partial charge in [-0.3, -0.25) is 0 Å². The largest absolute Gasteiger partial charge is 0.463 e. The Morgan fingerprint density at radius 2 is 1.51 bits per heavy atom. The molecule has 1 aliphatic heterocycles. The number of carbonyl (C=O) groups excluding carboxylic acids is 3. The minimum absolute atomic E-state index is 0.142. The van der Waals surface area contributed by atoms with Crippen molar-refractivity contribution >= 4 is 18.0 Å². The maximum absolute atomic E-state index is 13.4. The molecule has 1 aromatic heterocycles. The zero-order valence-electron chi connectivity index (χ0n) is 21.2. The zero-order valence-corrected chi connectivity index (χ0v) is 21.2. The normalized spacial score (nSPS) is 14.8. The van der Waals surface area contributed by atoms with Crippen molar-refractivity contribution in [1.82, 2.24) is 20.4 Å². The number of nitrogens with zero attached hydrogens (tertiary/aromatic N) is 2. The van der Waals surface area contributed by atoms with Crippen LogP contribution in [-0.2, 0) is 14.3 Å². The van der Waals surface area contributed by atoms with Gasteiger partial charge in [0, 0.05) is 5.56 Å². The highest BCUT2D eigenvalue weighted by molar-refractivity contribution is 5.95. The fraction of sp³-hybridized carbons (Fsp3) is 0.133. The van der Waals surface area contributed by atoms with E-state index in [1.54, 1.807) is 37.3 Å². The number of esters is 2. The number of carbonyl (C=O) groups is 3. The number of rotatable bonds is 8. The van der Waals surface area contributed by atoms with Crippen LogP contribution in [0.25, 0.3) is 16.9 Å². The summed E-state index contributed by atoms with van der Waals surface area (Å²) in [5, 5.41) is 10.0. The summed E-state index contributed by atoms with van der Waals surface area (Å²) in [6, 6.07) is 28.1. The highest BCUT2D eigenvalue weighted by Crippen LogP contribution is 2.28. The second-order valence-electron chi connectivity index (χ2n) is 8.66. The number of ether oxygens (including phenoxy) is 2. The Kier molecular flexibility index (Phi) is 7.49. The van der Waals surface area contributed by atoms with Gasteiger partial charge in [-0.25, -0.2) is 19.1 Å². The fourth-order valence-corrected chi connectivity index (χ4v) is 4.33. The summed E-state index contributed by atoms with van der Waals surface area (Å²) in [6.07, 6.45) is 0. The number of amides is 2. The third-order valence-corrected chi connectivity index (χ3v) is 6.12. The van der Waals surface area contributed by atoms with Gasteiger partial charge in [0.15, 0.2) is 5.69 Å². The van der Waals surface area contributed by atoms with E-state index < -0.39 is 24.0 Å². The molecule has 39 heavy (non-hydrogen) atoms. The molecule has 1 aliphatic rings. The van der Waals surface area contributed by atoms with Gasteiger partial charge < -0.3 is 20.1 Å². The SMILES string of the molecule is CCOC(=O)C1=C(COC(=O)c2cc(-c3ccccc3)nn2-c2ccccc2)NC(=O)N[C@@H]1c1ccccc1. The Morgan fingerprint density at radius 3 is 2.18 bits per heavy atom. The van der Waals surface area contributed by atoms with Gasteiger partial charge in [0.25, 0.3) is 0 Å². The minimum Gasteiger partial charge on any atom is -0.463 e. The molecular formula is C30H26N4O5. The predicted molar refractivity (Wildman–Crippen MR) is 144 cm³/mol. The first-order valence-corrected chi connectivity index (χ1v) is 12.5. The third kappa shape index (κ3) is 5.57. The topological polar surface area (TPSA) is 112 Å². The molecule has 2 amide bonds. The number of para-hydroxylation sites is 1. The molecule has 2 heterocycles. The van der Waals surface area contributed by atoms with E-state index in [2.05, 4.69) is 15.7 Å². The Bertz CT molecular complexity index is 1510. The lowest BCUT2D eigenvalue weighted by atomic mass is 9.95. The van der Waals surface area contributed by atoms with Crippen molar-refractivity contribution in [3.05, 3.63) is 120 Å². The Morgan fingerprint density at radius 1 is 0.872 bits per heavy atom. The van der Waals surface area contributed by atoms with Crippen molar-refractivity contribution < 1.29 is 23.9 Å². The number of hydrogen-bond acceptors (Lipinski definition) is 6. The van der Waals surface area contributed by atoms with Gasteiger partial charge in [-0.05, 0) is 30.7 Å². The maximum atomic E-state index is 13.4. The summed E-state index contributed by atoms with van der Waals surface area (Å²) in [6.45, 7) is 1.48. The number of aromatic nitrogens is 2. The molecule has 0 saturated carbocycles. The van der Waals surface area contributed by atoms with E-state index in [1.165, 1.54) is 4.68 Å². The van der Waals surface area contributed by atoms with Crippen LogP contribution in [0.1, 0.15) is 29.0 Å². The van der Waals surface area contributed by atoms with Gasteiger partial charge in [-0.1, -0.05) is 78.9 Å². The van der Waals surface area contributed by atoms with Gasteiger partial charge in [0.05, 0.1) is 35.3 Å². The van der Waals surface area contributed by atoms with Crippen LogP contribution < -0.4 is 10.6 Å². The molecule has 0 unspecified atom stereocenters. The Hall–Kier alpha value is -5.18. The highest BCUT2D eigenvalue weighted by Gasteiger charge is 2.34. The van der Waals surface area contributed by atoms with E-state index >= 15 is 0 Å². The van der Waals surface area contributed by atoms with E-state index in [0.717, 1.165) is 5.56 Å². The summed E-state index contributed by atoms with van der Waals surface area (Å²) >= 11 is 0. The Labute approximate surface area is 225 Å². The lowest BCUT2D eigenvalue weighted by Crippen LogP contribution is -2.47. The number of benzene rings is 3. The summed E-state index contributed by atoms with van der Waals surface area (Å²) in [4.78, 5) is 38.9. The average molecular weight is 523 g/mol.